The van der Waals surface area contributed by atoms with E-state index in [1.54, 1.807) is 20.0 Å². The minimum atomic E-state index is -0.355. The number of amides is 1. The number of rotatable bonds is 6. The van der Waals surface area contributed by atoms with Gasteiger partial charge in [-0.2, -0.15) is 0 Å². The Kier molecular flexibility index (Phi) is 9.51. The highest BCUT2D eigenvalue weighted by atomic mass is 127. The average molecular weight is 526 g/mol. The number of anilines is 1. The molecule has 1 amide bonds. The number of guanidine groups is 1. The summed E-state index contributed by atoms with van der Waals surface area (Å²) in [7, 11) is 1.68. The van der Waals surface area contributed by atoms with Gasteiger partial charge in [0.25, 0.3) is 5.91 Å². The predicted octanol–water partition coefficient (Wildman–Crippen LogP) is 3.73. The summed E-state index contributed by atoms with van der Waals surface area (Å²) in [5.74, 6) is 0.296. The van der Waals surface area contributed by atoms with Crippen LogP contribution in [0.2, 0.25) is 0 Å². The maximum atomic E-state index is 13.7. The number of aliphatic imine (C=N–C) groups is 1. The Balaban J connectivity index is 0.00000320. The molecule has 0 aliphatic carbocycles. The molecule has 2 aromatic rings. The van der Waals surface area contributed by atoms with E-state index in [1.807, 2.05) is 30.3 Å². The molecule has 1 heterocycles. The molecule has 3 rings (SSSR count). The normalized spacial score (nSPS) is 16.0. The van der Waals surface area contributed by atoms with Crippen LogP contribution in [-0.2, 0) is 22.6 Å². The Labute approximate surface area is 193 Å². The quantitative estimate of drug-likeness (QED) is 0.305. The van der Waals surface area contributed by atoms with E-state index in [0.717, 1.165) is 29.7 Å². The molecule has 3 N–H and O–H groups in total. The van der Waals surface area contributed by atoms with Crippen LogP contribution >= 0.6 is 24.0 Å². The molecular weight excluding hydrogens is 498 g/mol. The summed E-state index contributed by atoms with van der Waals surface area (Å²) in [5.41, 5.74) is 3.21. The maximum Gasteiger partial charge on any atom is 0.253 e. The molecule has 1 atom stereocenters. The molecule has 1 fully saturated rings. The van der Waals surface area contributed by atoms with Crippen LogP contribution in [0, 0.1) is 12.7 Å². The highest BCUT2D eigenvalue weighted by molar-refractivity contribution is 14.0. The molecular formula is C22H28FIN4O2. The molecule has 30 heavy (non-hydrogen) atoms. The van der Waals surface area contributed by atoms with Gasteiger partial charge in [-0.25, -0.2) is 4.39 Å². The lowest BCUT2D eigenvalue weighted by Crippen LogP contribution is -2.36. The number of hydrogen-bond donors (Lipinski definition) is 3. The maximum absolute atomic E-state index is 13.7. The molecule has 0 bridgehead atoms. The third-order valence-electron chi connectivity index (χ3n) is 4.80. The first-order chi connectivity index (χ1) is 14.0. The molecule has 1 unspecified atom stereocenters. The van der Waals surface area contributed by atoms with Gasteiger partial charge in [0.2, 0.25) is 0 Å². The van der Waals surface area contributed by atoms with Gasteiger partial charge in [0, 0.05) is 32.4 Å². The van der Waals surface area contributed by atoms with Crippen LogP contribution < -0.4 is 16.0 Å². The highest BCUT2D eigenvalue weighted by Gasteiger charge is 2.23. The zero-order valence-corrected chi connectivity index (χ0v) is 19.5. The second kappa shape index (κ2) is 11.8. The Morgan fingerprint density at radius 1 is 1.17 bits per heavy atom. The van der Waals surface area contributed by atoms with Crippen molar-refractivity contribution in [3.05, 3.63) is 65.0 Å². The molecule has 2 aromatic carbocycles. The first kappa shape index (κ1) is 24.1. The molecule has 0 aromatic heterocycles. The van der Waals surface area contributed by atoms with Crippen LogP contribution in [0.5, 0.6) is 0 Å². The summed E-state index contributed by atoms with van der Waals surface area (Å²) < 4.78 is 19.1. The topological polar surface area (TPSA) is 74.8 Å². The summed E-state index contributed by atoms with van der Waals surface area (Å²) in [6.07, 6.45) is 1.33. The monoisotopic (exact) mass is 526 g/mol. The van der Waals surface area contributed by atoms with E-state index >= 15 is 0 Å². The van der Waals surface area contributed by atoms with E-state index in [4.69, 9.17) is 4.74 Å². The van der Waals surface area contributed by atoms with Gasteiger partial charge in [0.1, 0.15) is 11.9 Å². The molecule has 0 saturated carbocycles. The van der Waals surface area contributed by atoms with Crippen LogP contribution in [0.4, 0.5) is 10.1 Å². The lowest BCUT2D eigenvalue weighted by atomic mass is 10.1. The molecule has 162 valence electrons. The Morgan fingerprint density at radius 3 is 2.53 bits per heavy atom. The van der Waals surface area contributed by atoms with Crippen LogP contribution in [0.15, 0.2) is 47.5 Å². The molecule has 0 radical (unpaired) electrons. The lowest BCUT2D eigenvalue weighted by Gasteiger charge is -2.14. The molecule has 1 aliphatic heterocycles. The Bertz CT molecular complexity index is 885. The van der Waals surface area contributed by atoms with E-state index in [1.165, 1.54) is 6.07 Å². The average Bonchev–Trinajstić information content (AvgIpc) is 3.26. The SMILES string of the molecule is CN=C(NCc1cccc(NC(=O)C2CCCO2)c1)NCc1ccc(C)c(F)c1.I. The van der Waals surface area contributed by atoms with E-state index in [2.05, 4.69) is 20.9 Å². The van der Waals surface area contributed by atoms with Crippen molar-refractivity contribution >= 4 is 41.5 Å². The van der Waals surface area contributed by atoms with Crippen molar-refractivity contribution in [3.63, 3.8) is 0 Å². The van der Waals surface area contributed by atoms with Crippen LogP contribution in [0.1, 0.15) is 29.5 Å². The van der Waals surface area contributed by atoms with Crippen molar-refractivity contribution in [2.75, 3.05) is 19.0 Å². The largest absolute Gasteiger partial charge is 0.368 e. The third kappa shape index (κ3) is 6.94. The van der Waals surface area contributed by atoms with Gasteiger partial charge in [-0.15, -0.1) is 24.0 Å². The Hall–Kier alpha value is -2.20. The van der Waals surface area contributed by atoms with Crippen LogP contribution in [-0.4, -0.2) is 31.6 Å². The van der Waals surface area contributed by atoms with Gasteiger partial charge in [-0.3, -0.25) is 9.79 Å². The Morgan fingerprint density at radius 2 is 1.90 bits per heavy atom. The summed E-state index contributed by atoms with van der Waals surface area (Å²) in [6, 6.07) is 12.8. The molecule has 1 saturated heterocycles. The fourth-order valence-corrected chi connectivity index (χ4v) is 3.10. The zero-order valence-electron chi connectivity index (χ0n) is 17.2. The van der Waals surface area contributed by atoms with Crippen molar-refractivity contribution in [2.45, 2.75) is 39.0 Å². The number of carbonyl (C=O) groups excluding carboxylic acids is 1. The van der Waals surface area contributed by atoms with Crippen molar-refractivity contribution in [1.29, 1.82) is 0 Å². The number of carbonyl (C=O) groups is 1. The predicted molar refractivity (Wildman–Crippen MR) is 128 cm³/mol. The number of aryl methyl sites for hydroxylation is 1. The molecule has 0 spiro atoms. The zero-order chi connectivity index (χ0) is 20.6. The highest BCUT2D eigenvalue weighted by Crippen LogP contribution is 2.16. The number of nitrogens with zero attached hydrogens (tertiary/aromatic N) is 1. The van der Waals surface area contributed by atoms with E-state index in [9.17, 15) is 9.18 Å². The summed E-state index contributed by atoms with van der Waals surface area (Å²) in [4.78, 5) is 16.4. The van der Waals surface area contributed by atoms with Gasteiger partial charge in [-0.1, -0.05) is 24.3 Å². The minimum Gasteiger partial charge on any atom is -0.368 e. The fraction of sp³-hybridized carbons (Fsp3) is 0.364. The minimum absolute atomic E-state index is 0. The van der Waals surface area contributed by atoms with E-state index in [0.29, 0.717) is 31.2 Å². The number of ether oxygens (including phenoxy) is 1. The summed E-state index contributed by atoms with van der Waals surface area (Å²) in [6.45, 7) is 3.38. The summed E-state index contributed by atoms with van der Waals surface area (Å²) >= 11 is 0. The second-order valence-electron chi connectivity index (χ2n) is 7.05. The van der Waals surface area contributed by atoms with Gasteiger partial charge in [0.05, 0.1) is 0 Å². The van der Waals surface area contributed by atoms with Gasteiger partial charge >= 0.3 is 0 Å². The molecule has 8 heteroatoms. The van der Waals surface area contributed by atoms with Crippen LogP contribution in [0.3, 0.4) is 0 Å². The lowest BCUT2D eigenvalue weighted by molar-refractivity contribution is -0.124. The van der Waals surface area contributed by atoms with Crippen LogP contribution in [0.25, 0.3) is 0 Å². The number of halogens is 2. The van der Waals surface area contributed by atoms with Crippen molar-refractivity contribution in [1.82, 2.24) is 10.6 Å². The van der Waals surface area contributed by atoms with Gasteiger partial charge in [0.15, 0.2) is 5.96 Å². The summed E-state index contributed by atoms with van der Waals surface area (Å²) in [5, 5.41) is 9.31. The molecule has 1 aliphatic rings. The second-order valence-corrected chi connectivity index (χ2v) is 7.05. The van der Waals surface area contributed by atoms with Crippen molar-refractivity contribution in [2.24, 2.45) is 4.99 Å². The van der Waals surface area contributed by atoms with Gasteiger partial charge in [-0.05, 0) is 54.7 Å². The van der Waals surface area contributed by atoms with E-state index in [-0.39, 0.29) is 41.8 Å². The third-order valence-corrected chi connectivity index (χ3v) is 4.80. The van der Waals surface area contributed by atoms with Crippen molar-refractivity contribution < 1.29 is 13.9 Å². The van der Waals surface area contributed by atoms with Gasteiger partial charge < -0.3 is 20.7 Å². The first-order valence-electron chi connectivity index (χ1n) is 9.76. The number of nitrogens with one attached hydrogen (secondary N) is 3. The molecule has 6 nitrogen and oxygen atoms in total. The fourth-order valence-electron chi connectivity index (χ4n) is 3.10. The van der Waals surface area contributed by atoms with Crippen molar-refractivity contribution in [3.8, 4) is 0 Å². The first-order valence-corrected chi connectivity index (χ1v) is 9.76. The number of benzene rings is 2. The standard InChI is InChI=1S/C22H27FN4O2.HI/c1-15-8-9-17(12-19(15)23)14-26-22(24-2)25-13-16-5-3-6-18(11-16)27-21(28)20-7-4-10-29-20;/h3,5-6,8-9,11-12,20H,4,7,10,13-14H2,1-2H3,(H,27,28)(H2,24,25,26);1H. The smallest absolute Gasteiger partial charge is 0.253 e. The number of hydrogen-bond acceptors (Lipinski definition) is 3. The van der Waals surface area contributed by atoms with E-state index < -0.39 is 0 Å².